The molecular formula is C9H6FN3O3. The van der Waals surface area contributed by atoms with Crippen LogP contribution >= 0.6 is 0 Å². The summed E-state index contributed by atoms with van der Waals surface area (Å²) in [5, 5.41) is 9.35. The first-order valence-electron chi connectivity index (χ1n) is 4.25. The predicted molar refractivity (Wildman–Crippen MR) is 52.1 cm³/mol. The standard InChI is InChI=1S/C9H6FN3O3/c10-6-7(14)12-9(16)13(8(6)15)5-2-1-3-11-4-5/h1-4,15H,(H,12,14,16). The Bertz CT molecular complexity index is 633. The summed E-state index contributed by atoms with van der Waals surface area (Å²) in [6.45, 7) is 0. The first kappa shape index (κ1) is 10.1. The molecule has 7 heteroatoms. The van der Waals surface area contributed by atoms with Crippen molar-refractivity contribution in [2.45, 2.75) is 0 Å². The molecule has 0 aliphatic heterocycles. The molecule has 0 amide bonds. The van der Waals surface area contributed by atoms with Crippen LogP contribution < -0.4 is 11.2 Å². The molecule has 0 atom stereocenters. The summed E-state index contributed by atoms with van der Waals surface area (Å²) in [5.74, 6) is -2.45. The van der Waals surface area contributed by atoms with Crippen LogP contribution in [0.4, 0.5) is 4.39 Å². The summed E-state index contributed by atoms with van der Waals surface area (Å²) >= 11 is 0. The van der Waals surface area contributed by atoms with Gasteiger partial charge in [-0.1, -0.05) is 0 Å². The SMILES string of the molecule is O=c1[nH]c(=O)n(-c2cccnc2)c(O)c1F. The number of pyridine rings is 1. The second-order valence-electron chi connectivity index (χ2n) is 2.94. The quantitative estimate of drug-likeness (QED) is 0.698. The molecule has 0 unspecified atom stereocenters. The first-order valence-corrected chi connectivity index (χ1v) is 4.25. The molecule has 16 heavy (non-hydrogen) atoms. The zero-order valence-electron chi connectivity index (χ0n) is 7.85. The summed E-state index contributed by atoms with van der Waals surface area (Å²) in [6.07, 6.45) is 2.70. The molecule has 82 valence electrons. The zero-order valence-corrected chi connectivity index (χ0v) is 7.85. The lowest BCUT2D eigenvalue weighted by Gasteiger charge is -2.06. The van der Waals surface area contributed by atoms with Crippen LogP contribution in [-0.2, 0) is 0 Å². The van der Waals surface area contributed by atoms with Crippen molar-refractivity contribution in [2.24, 2.45) is 0 Å². The van der Waals surface area contributed by atoms with Gasteiger partial charge >= 0.3 is 5.69 Å². The number of nitrogens with one attached hydrogen (secondary N) is 1. The Morgan fingerprint density at radius 1 is 1.44 bits per heavy atom. The van der Waals surface area contributed by atoms with E-state index in [-0.39, 0.29) is 5.69 Å². The van der Waals surface area contributed by atoms with Gasteiger partial charge in [0.1, 0.15) is 0 Å². The molecule has 0 aromatic carbocycles. The predicted octanol–water partition coefficient (Wildman–Crippen LogP) is -0.235. The molecule has 2 N–H and O–H groups in total. The smallest absolute Gasteiger partial charge is 0.335 e. The number of H-pyrrole nitrogens is 1. The van der Waals surface area contributed by atoms with Crippen LogP contribution in [0, 0.1) is 5.82 Å². The van der Waals surface area contributed by atoms with Crippen LogP contribution in [-0.4, -0.2) is 19.6 Å². The van der Waals surface area contributed by atoms with E-state index in [0.717, 1.165) is 0 Å². The molecule has 0 radical (unpaired) electrons. The largest absolute Gasteiger partial charge is 0.492 e. The van der Waals surface area contributed by atoms with E-state index in [4.69, 9.17) is 0 Å². The maximum absolute atomic E-state index is 13.1. The fourth-order valence-electron chi connectivity index (χ4n) is 1.23. The van der Waals surface area contributed by atoms with Gasteiger partial charge in [0, 0.05) is 6.20 Å². The molecule has 0 saturated heterocycles. The van der Waals surface area contributed by atoms with Gasteiger partial charge < -0.3 is 5.11 Å². The van der Waals surface area contributed by atoms with E-state index in [1.54, 1.807) is 4.98 Å². The third kappa shape index (κ3) is 1.48. The third-order valence-electron chi connectivity index (χ3n) is 1.94. The van der Waals surface area contributed by atoms with Crippen LogP contribution in [0.25, 0.3) is 5.69 Å². The van der Waals surface area contributed by atoms with E-state index < -0.39 is 22.9 Å². The summed E-state index contributed by atoms with van der Waals surface area (Å²) in [6, 6.07) is 2.94. The van der Waals surface area contributed by atoms with Crippen LogP contribution in [0.1, 0.15) is 0 Å². The van der Waals surface area contributed by atoms with Gasteiger partial charge in [-0.15, -0.1) is 0 Å². The first-order chi connectivity index (χ1) is 7.61. The fraction of sp³-hybridized carbons (Fsp3) is 0. The minimum atomic E-state index is -1.41. The van der Waals surface area contributed by atoms with Gasteiger partial charge in [0.25, 0.3) is 5.56 Å². The zero-order chi connectivity index (χ0) is 11.7. The second-order valence-corrected chi connectivity index (χ2v) is 2.94. The highest BCUT2D eigenvalue weighted by Gasteiger charge is 2.14. The highest BCUT2D eigenvalue weighted by Crippen LogP contribution is 2.13. The molecule has 2 rings (SSSR count). The van der Waals surface area contributed by atoms with Gasteiger partial charge in [-0.3, -0.25) is 14.8 Å². The summed E-state index contributed by atoms with van der Waals surface area (Å²) < 4.78 is 13.7. The Kier molecular flexibility index (Phi) is 2.28. The van der Waals surface area contributed by atoms with E-state index >= 15 is 0 Å². The molecule has 0 aliphatic rings. The van der Waals surface area contributed by atoms with Crippen molar-refractivity contribution >= 4 is 0 Å². The molecule has 2 aromatic rings. The van der Waals surface area contributed by atoms with Gasteiger partial charge in [0.15, 0.2) is 0 Å². The van der Waals surface area contributed by atoms with Crippen LogP contribution in [0.5, 0.6) is 5.88 Å². The lowest BCUT2D eigenvalue weighted by molar-refractivity contribution is 0.386. The van der Waals surface area contributed by atoms with Crippen molar-refractivity contribution in [1.29, 1.82) is 0 Å². The van der Waals surface area contributed by atoms with Crippen molar-refractivity contribution in [2.75, 3.05) is 0 Å². The van der Waals surface area contributed by atoms with Gasteiger partial charge in [-0.25, -0.2) is 9.36 Å². The number of rotatable bonds is 1. The van der Waals surface area contributed by atoms with Crippen molar-refractivity contribution in [1.82, 2.24) is 14.5 Å². The Morgan fingerprint density at radius 2 is 2.19 bits per heavy atom. The summed E-state index contributed by atoms with van der Waals surface area (Å²) in [5.41, 5.74) is -2.04. The van der Waals surface area contributed by atoms with Crippen LogP contribution in [0.3, 0.4) is 0 Å². The number of halogens is 1. The van der Waals surface area contributed by atoms with Gasteiger partial charge in [0.05, 0.1) is 11.9 Å². The number of aromatic hydroxyl groups is 1. The average molecular weight is 223 g/mol. The number of nitrogens with zero attached hydrogens (tertiary/aromatic N) is 2. The molecule has 2 aromatic heterocycles. The van der Waals surface area contributed by atoms with E-state index in [9.17, 15) is 19.1 Å². The molecule has 0 fully saturated rings. The Morgan fingerprint density at radius 3 is 2.81 bits per heavy atom. The van der Waals surface area contributed by atoms with E-state index in [1.807, 2.05) is 0 Å². The molecule has 0 spiro atoms. The van der Waals surface area contributed by atoms with Gasteiger partial charge in [-0.05, 0) is 12.1 Å². The average Bonchev–Trinajstić information content (AvgIpc) is 2.28. The molecule has 6 nitrogen and oxygen atoms in total. The maximum atomic E-state index is 13.1. The minimum Gasteiger partial charge on any atom is -0.492 e. The third-order valence-corrected chi connectivity index (χ3v) is 1.94. The number of hydrogen-bond acceptors (Lipinski definition) is 4. The molecular weight excluding hydrogens is 217 g/mol. The van der Waals surface area contributed by atoms with Crippen molar-refractivity contribution < 1.29 is 9.50 Å². The highest BCUT2D eigenvalue weighted by molar-refractivity contribution is 5.32. The van der Waals surface area contributed by atoms with E-state index in [2.05, 4.69) is 4.98 Å². The number of aromatic amines is 1. The minimum absolute atomic E-state index is 0.153. The summed E-state index contributed by atoms with van der Waals surface area (Å²) in [7, 11) is 0. The van der Waals surface area contributed by atoms with E-state index in [0.29, 0.717) is 4.57 Å². The monoisotopic (exact) mass is 223 g/mol. The lowest BCUT2D eigenvalue weighted by Crippen LogP contribution is -2.30. The summed E-state index contributed by atoms with van der Waals surface area (Å²) in [4.78, 5) is 27.6. The van der Waals surface area contributed by atoms with Crippen molar-refractivity contribution in [3.8, 4) is 11.6 Å². The molecule has 0 aliphatic carbocycles. The van der Waals surface area contributed by atoms with Gasteiger partial charge in [-0.2, -0.15) is 4.39 Å². The normalized spacial score (nSPS) is 10.3. The second kappa shape index (κ2) is 3.61. The Hall–Kier alpha value is -2.44. The van der Waals surface area contributed by atoms with Crippen molar-refractivity contribution in [3.63, 3.8) is 0 Å². The topological polar surface area (TPSA) is 88.0 Å². The number of aromatic nitrogens is 3. The fourth-order valence-corrected chi connectivity index (χ4v) is 1.23. The lowest BCUT2D eigenvalue weighted by atomic mass is 10.4. The van der Waals surface area contributed by atoms with Crippen molar-refractivity contribution in [3.05, 3.63) is 51.2 Å². The number of hydrogen-bond donors (Lipinski definition) is 2. The highest BCUT2D eigenvalue weighted by atomic mass is 19.1. The molecule has 0 saturated carbocycles. The van der Waals surface area contributed by atoms with E-state index in [1.165, 1.54) is 24.5 Å². The Labute approximate surface area is 87.6 Å². The van der Waals surface area contributed by atoms with Gasteiger partial charge in [0.2, 0.25) is 11.7 Å². The molecule has 2 heterocycles. The Balaban J connectivity index is 2.82. The van der Waals surface area contributed by atoms with Crippen LogP contribution in [0.2, 0.25) is 0 Å². The maximum Gasteiger partial charge on any atom is 0.335 e. The van der Waals surface area contributed by atoms with Crippen LogP contribution in [0.15, 0.2) is 34.1 Å². The molecule has 0 bridgehead atoms.